The minimum atomic E-state index is -0.525. The highest BCUT2D eigenvalue weighted by Gasteiger charge is 2.24. The third kappa shape index (κ3) is 2.53. The number of nitrogens with zero attached hydrogens (tertiary/aromatic N) is 3. The summed E-state index contributed by atoms with van der Waals surface area (Å²) >= 11 is 1.38. The zero-order valence-electron chi connectivity index (χ0n) is 10.9. The fraction of sp³-hybridized carbons (Fsp3) is 0.364. The van der Waals surface area contributed by atoms with Gasteiger partial charge in [-0.2, -0.15) is 4.68 Å². The van der Waals surface area contributed by atoms with Gasteiger partial charge in [-0.15, -0.1) is 16.4 Å². The lowest BCUT2D eigenvalue weighted by Crippen LogP contribution is -2.14. The van der Waals surface area contributed by atoms with Crippen molar-refractivity contribution >= 4 is 28.9 Å². The summed E-state index contributed by atoms with van der Waals surface area (Å²) < 4.78 is 6.17. The van der Waals surface area contributed by atoms with Gasteiger partial charge in [-0.05, 0) is 13.8 Å². The topological polar surface area (TPSA) is 95.1 Å². The van der Waals surface area contributed by atoms with E-state index >= 15 is 0 Å². The molecule has 0 aliphatic rings. The number of esters is 1. The summed E-state index contributed by atoms with van der Waals surface area (Å²) in [7, 11) is 1.31. The minimum Gasteiger partial charge on any atom is -0.465 e. The Kier molecular flexibility index (Phi) is 3.70. The molecule has 7 nitrogen and oxygen atoms in total. The van der Waals surface area contributed by atoms with Crippen molar-refractivity contribution in [3.63, 3.8) is 0 Å². The number of nitrogens with one attached hydrogen (secondary N) is 1. The van der Waals surface area contributed by atoms with Gasteiger partial charge in [-0.3, -0.25) is 0 Å². The molecule has 2 aromatic heterocycles. The molecule has 0 amide bonds. The first kappa shape index (κ1) is 13.3. The molecule has 8 heteroatoms. The van der Waals surface area contributed by atoms with Crippen molar-refractivity contribution in [3.8, 4) is 5.13 Å². The molecule has 19 heavy (non-hydrogen) atoms. The molecule has 0 saturated heterocycles. The highest BCUT2D eigenvalue weighted by molar-refractivity contribution is 7.12. The molecular formula is C11H15N5O2S. The largest absolute Gasteiger partial charge is 0.465 e. The SMILES string of the molecule is COC(=O)c1c(NC(C)C)nn(-c2nccs2)c1N. The van der Waals surface area contributed by atoms with Gasteiger partial charge >= 0.3 is 5.97 Å². The first-order valence-electron chi connectivity index (χ1n) is 5.67. The van der Waals surface area contributed by atoms with Gasteiger partial charge < -0.3 is 15.8 Å². The van der Waals surface area contributed by atoms with E-state index < -0.39 is 5.97 Å². The summed E-state index contributed by atoms with van der Waals surface area (Å²) in [5, 5.41) is 9.77. The number of carbonyl (C=O) groups is 1. The lowest BCUT2D eigenvalue weighted by atomic mass is 10.3. The normalized spacial score (nSPS) is 10.7. The number of ether oxygens (including phenoxy) is 1. The molecule has 0 aromatic carbocycles. The maximum Gasteiger partial charge on any atom is 0.345 e. The van der Waals surface area contributed by atoms with E-state index in [1.807, 2.05) is 19.2 Å². The van der Waals surface area contributed by atoms with E-state index in [1.165, 1.54) is 23.1 Å². The Morgan fingerprint density at radius 1 is 1.58 bits per heavy atom. The Labute approximate surface area is 114 Å². The summed E-state index contributed by atoms with van der Waals surface area (Å²) in [6.45, 7) is 3.89. The van der Waals surface area contributed by atoms with Crippen LogP contribution in [0.3, 0.4) is 0 Å². The van der Waals surface area contributed by atoms with E-state index in [-0.39, 0.29) is 17.4 Å². The van der Waals surface area contributed by atoms with Crippen LogP contribution >= 0.6 is 11.3 Å². The number of thiazole rings is 1. The molecule has 0 saturated carbocycles. The molecule has 2 aromatic rings. The number of anilines is 2. The Morgan fingerprint density at radius 2 is 2.32 bits per heavy atom. The summed E-state index contributed by atoms with van der Waals surface area (Å²) in [6.07, 6.45) is 1.65. The van der Waals surface area contributed by atoms with Crippen LogP contribution in [0.1, 0.15) is 24.2 Å². The van der Waals surface area contributed by atoms with Crippen LogP contribution in [0.2, 0.25) is 0 Å². The summed E-state index contributed by atoms with van der Waals surface area (Å²) in [5.74, 6) is 0.0861. The van der Waals surface area contributed by atoms with Crippen LogP contribution in [0.15, 0.2) is 11.6 Å². The van der Waals surface area contributed by atoms with Gasteiger partial charge in [-0.25, -0.2) is 9.78 Å². The zero-order chi connectivity index (χ0) is 14.0. The van der Waals surface area contributed by atoms with E-state index in [0.29, 0.717) is 10.9 Å². The lowest BCUT2D eigenvalue weighted by molar-refractivity contribution is 0.0603. The molecular weight excluding hydrogens is 266 g/mol. The maximum absolute atomic E-state index is 11.8. The minimum absolute atomic E-state index is 0.113. The number of nitrogens with two attached hydrogens (primary N) is 1. The molecule has 3 N–H and O–H groups in total. The predicted molar refractivity (Wildman–Crippen MR) is 73.7 cm³/mol. The van der Waals surface area contributed by atoms with E-state index in [4.69, 9.17) is 10.5 Å². The van der Waals surface area contributed by atoms with Crippen molar-refractivity contribution in [1.82, 2.24) is 14.8 Å². The summed E-state index contributed by atoms with van der Waals surface area (Å²) in [5.41, 5.74) is 6.20. The predicted octanol–water partition coefficient (Wildman–Crippen LogP) is 1.52. The van der Waals surface area contributed by atoms with Gasteiger partial charge in [-0.1, -0.05) is 0 Å². The zero-order valence-corrected chi connectivity index (χ0v) is 11.7. The standard InChI is InChI=1S/C11H15N5O2S/c1-6(2)14-9-7(10(17)18-3)8(12)16(15-9)11-13-4-5-19-11/h4-6H,12H2,1-3H3,(H,14,15). The number of rotatable bonds is 4. The van der Waals surface area contributed by atoms with Gasteiger partial charge in [0.25, 0.3) is 0 Å². The van der Waals surface area contributed by atoms with E-state index in [9.17, 15) is 4.79 Å². The van der Waals surface area contributed by atoms with Crippen LogP contribution in [-0.4, -0.2) is 33.9 Å². The van der Waals surface area contributed by atoms with Gasteiger partial charge in [0.15, 0.2) is 5.82 Å². The van der Waals surface area contributed by atoms with Crippen LogP contribution in [0, 0.1) is 0 Å². The maximum atomic E-state index is 11.8. The second kappa shape index (κ2) is 5.27. The molecule has 2 rings (SSSR count). The first-order chi connectivity index (χ1) is 9.04. The van der Waals surface area contributed by atoms with E-state index in [1.54, 1.807) is 6.20 Å². The number of hydrogen-bond acceptors (Lipinski definition) is 7. The third-order valence-corrected chi connectivity index (χ3v) is 3.08. The number of methoxy groups -OCH3 is 1. The number of aromatic nitrogens is 3. The molecule has 0 bridgehead atoms. The molecule has 102 valence electrons. The molecule has 0 fully saturated rings. The number of carbonyl (C=O) groups excluding carboxylic acids is 1. The smallest absolute Gasteiger partial charge is 0.345 e. The van der Waals surface area contributed by atoms with Crippen molar-refractivity contribution in [2.45, 2.75) is 19.9 Å². The number of hydrogen-bond donors (Lipinski definition) is 2. The van der Waals surface area contributed by atoms with Crippen LogP contribution < -0.4 is 11.1 Å². The van der Waals surface area contributed by atoms with Crippen LogP contribution in [0.25, 0.3) is 5.13 Å². The molecule has 0 aliphatic heterocycles. The van der Waals surface area contributed by atoms with Crippen molar-refractivity contribution in [2.24, 2.45) is 0 Å². The summed E-state index contributed by atoms with van der Waals surface area (Å²) in [4.78, 5) is 15.9. The lowest BCUT2D eigenvalue weighted by Gasteiger charge is -2.07. The van der Waals surface area contributed by atoms with Gasteiger partial charge in [0.2, 0.25) is 5.13 Å². The van der Waals surface area contributed by atoms with Gasteiger partial charge in [0.05, 0.1) is 7.11 Å². The highest BCUT2D eigenvalue weighted by atomic mass is 32.1. The second-order valence-electron chi connectivity index (χ2n) is 4.13. The highest BCUT2D eigenvalue weighted by Crippen LogP contribution is 2.26. The molecule has 0 unspecified atom stereocenters. The number of nitrogen functional groups attached to an aromatic ring is 1. The molecule has 2 heterocycles. The van der Waals surface area contributed by atoms with Crippen LogP contribution in [-0.2, 0) is 4.74 Å². The fourth-order valence-electron chi connectivity index (χ4n) is 1.58. The fourth-order valence-corrected chi connectivity index (χ4v) is 2.18. The van der Waals surface area contributed by atoms with E-state index in [2.05, 4.69) is 15.4 Å². The van der Waals surface area contributed by atoms with Crippen LogP contribution in [0.4, 0.5) is 11.6 Å². The molecule has 0 radical (unpaired) electrons. The molecule has 0 atom stereocenters. The quantitative estimate of drug-likeness (QED) is 0.825. The first-order valence-corrected chi connectivity index (χ1v) is 6.55. The van der Waals surface area contributed by atoms with Crippen molar-refractivity contribution in [3.05, 3.63) is 17.1 Å². The Balaban J connectivity index is 2.53. The Morgan fingerprint density at radius 3 is 2.84 bits per heavy atom. The van der Waals surface area contributed by atoms with Gasteiger partial charge in [0, 0.05) is 17.6 Å². The van der Waals surface area contributed by atoms with Crippen molar-refractivity contribution in [1.29, 1.82) is 0 Å². The van der Waals surface area contributed by atoms with Crippen molar-refractivity contribution in [2.75, 3.05) is 18.2 Å². The monoisotopic (exact) mass is 281 g/mol. The Hall–Kier alpha value is -2.09. The van der Waals surface area contributed by atoms with Gasteiger partial charge in [0.1, 0.15) is 11.4 Å². The van der Waals surface area contributed by atoms with Crippen molar-refractivity contribution < 1.29 is 9.53 Å². The van der Waals surface area contributed by atoms with E-state index in [0.717, 1.165) is 0 Å². The average molecular weight is 281 g/mol. The second-order valence-corrected chi connectivity index (χ2v) is 5.00. The van der Waals surface area contributed by atoms with Crippen LogP contribution in [0.5, 0.6) is 0 Å². The Bertz CT molecular complexity index is 576. The summed E-state index contributed by atoms with van der Waals surface area (Å²) in [6, 6.07) is 0.113. The molecule has 0 aliphatic carbocycles. The third-order valence-electron chi connectivity index (χ3n) is 2.34. The molecule has 0 spiro atoms. The average Bonchev–Trinajstić information content (AvgIpc) is 2.96.